The number of nitrogens with one attached hydrogen (secondary N) is 2. The number of rotatable bonds is 11. The SMILES string of the molecule is C=Cc1cccc(C(C(=O)NCc2ccccc2)N(C(=O)C(CCC(N)=O)NC(=O)OC(C)(C)C)C(C)(C)C)c1. The van der Waals surface area contributed by atoms with E-state index in [4.69, 9.17) is 10.5 Å². The minimum atomic E-state index is -1.17. The lowest BCUT2D eigenvalue weighted by molar-refractivity contribution is -0.148. The zero-order chi connectivity index (χ0) is 30.1. The molecular weight excluding hydrogens is 508 g/mol. The molecule has 2 aromatic carbocycles. The fraction of sp³-hybridized carbons (Fsp3) is 0.419. The highest BCUT2D eigenvalue weighted by Crippen LogP contribution is 2.31. The van der Waals surface area contributed by atoms with Crippen molar-refractivity contribution in [2.75, 3.05) is 0 Å². The van der Waals surface area contributed by atoms with Gasteiger partial charge >= 0.3 is 6.09 Å². The van der Waals surface area contributed by atoms with Crippen LogP contribution in [0.25, 0.3) is 6.08 Å². The van der Waals surface area contributed by atoms with E-state index in [9.17, 15) is 19.2 Å². The molecule has 0 aromatic heterocycles. The molecule has 0 bridgehead atoms. The Balaban J connectivity index is 2.56. The normalized spacial score (nSPS) is 12.9. The number of ether oxygens (including phenoxy) is 1. The summed E-state index contributed by atoms with van der Waals surface area (Å²) < 4.78 is 5.37. The molecule has 40 heavy (non-hydrogen) atoms. The fourth-order valence-electron chi connectivity index (χ4n) is 4.16. The van der Waals surface area contributed by atoms with Gasteiger partial charge in [-0.2, -0.15) is 0 Å². The van der Waals surface area contributed by atoms with Crippen LogP contribution >= 0.6 is 0 Å². The van der Waals surface area contributed by atoms with Crippen LogP contribution in [0.4, 0.5) is 4.79 Å². The first-order valence-electron chi connectivity index (χ1n) is 13.3. The molecule has 0 fully saturated rings. The number of carbonyl (C=O) groups excluding carboxylic acids is 4. The smallest absolute Gasteiger partial charge is 0.408 e. The number of alkyl carbamates (subject to hydrolysis) is 1. The zero-order valence-corrected chi connectivity index (χ0v) is 24.3. The van der Waals surface area contributed by atoms with Gasteiger partial charge in [0.2, 0.25) is 17.7 Å². The number of nitrogens with zero attached hydrogens (tertiary/aromatic N) is 1. The van der Waals surface area contributed by atoms with Crippen LogP contribution in [0.5, 0.6) is 0 Å². The topological polar surface area (TPSA) is 131 Å². The third-order valence-corrected chi connectivity index (χ3v) is 5.91. The molecule has 0 radical (unpaired) electrons. The van der Waals surface area contributed by atoms with Crippen molar-refractivity contribution in [3.63, 3.8) is 0 Å². The van der Waals surface area contributed by atoms with Crippen LogP contribution in [-0.4, -0.2) is 45.9 Å². The second-order valence-corrected chi connectivity index (χ2v) is 11.6. The number of carbonyl (C=O) groups is 4. The lowest BCUT2D eigenvalue weighted by Crippen LogP contribution is -2.58. The van der Waals surface area contributed by atoms with Crippen molar-refractivity contribution in [2.24, 2.45) is 5.73 Å². The maximum Gasteiger partial charge on any atom is 0.408 e. The van der Waals surface area contributed by atoms with E-state index in [1.165, 1.54) is 4.90 Å². The molecule has 0 heterocycles. The van der Waals surface area contributed by atoms with Crippen LogP contribution in [0, 0.1) is 0 Å². The second-order valence-electron chi connectivity index (χ2n) is 11.6. The molecule has 9 heteroatoms. The molecular formula is C31H42N4O5. The van der Waals surface area contributed by atoms with Gasteiger partial charge in [-0.25, -0.2) is 4.79 Å². The first kappa shape index (κ1) is 32.1. The van der Waals surface area contributed by atoms with Crippen molar-refractivity contribution < 1.29 is 23.9 Å². The summed E-state index contributed by atoms with van der Waals surface area (Å²) in [6, 6.07) is 14.4. The molecule has 4 N–H and O–H groups in total. The van der Waals surface area contributed by atoms with Crippen molar-refractivity contribution >= 4 is 29.9 Å². The van der Waals surface area contributed by atoms with E-state index in [1.54, 1.807) is 65.8 Å². The molecule has 2 unspecified atom stereocenters. The summed E-state index contributed by atoms with van der Waals surface area (Å²) in [5.41, 5.74) is 5.93. The van der Waals surface area contributed by atoms with Gasteiger partial charge in [0.15, 0.2) is 0 Å². The Morgan fingerprint density at radius 3 is 2.20 bits per heavy atom. The summed E-state index contributed by atoms with van der Waals surface area (Å²) in [5, 5.41) is 5.56. The van der Waals surface area contributed by atoms with Crippen molar-refractivity contribution in [3.05, 3.63) is 77.9 Å². The number of primary amides is 1. The molecule has 0 aliphatic heterocycles. The highest BCUT2D eigenvalue weighted by molar-refractivity contribution is 5.93. The number of hydrogen-bond acceptors (Lipinski definition) is 5. The van der Waals surface area contributed by atoms with E-state index in [1.807, 2.05) is 36.4 Å². The summed E-state index contributed by atoms with van der Waals surface area (Å²) in [4.78, 5) is 53.9. The zero-order valence-electron chi connectivity index (χ0n) is 24.3. The van der Waals surface area contributed by atoms with Gasteiger partial charge in [0.1, 0.15) is 17.7 Å². The van der Waals surface area contributed by atoms with Crippen LogP contribution in [0.15, 0.2) is 61.2 Å². The molecule has 2 atom stereocenters. The summed E-state index contributed by atoms with van der Waals surface area (Å²) in [7, 11) is 0. The van der Waals surface area contributed by atoms with Gasteiger partial charge in [0.25, 0.3) is 0 Å². The molecule has 0 saturated carbocycles. The summed E-state index contributed by atoms with van der Waals surface area (Å²) in [6.07, 6.45) is 0.625. The van der Waals surface area contributed by atoms with Crippen LogP contribution in [0.3, 0.4) is 0 Å². The largest absolute Gasteiger partial charge is 0.444 e. The Bertz CT molecular complexity index is 1200. The van der Waals surface area contributed by atoms with Gasteiger partial charge in [-0.15, -0.1) is 0 Å². The van der Waals surface area contributed by atoms with E-state index < -0.39 is 47.0 Å². The average Bonchev–Trinajstić information content (AvgIpc) is 2.86. The van der Waals surface area contributed by atoms with Gasteiger partial charge in [-0.05, 0) is 70.7 Å². The Labute approximate surface area is 237 Å². The maximum atomic E-state index is 14.3. The van der Waals surface area contributed by atoms with Crippen molar-refractivity contribution in [1.82, 2.24) is 15.5 Å². The van der Waals surface area contributed by atoms with E-state index in [2.05, 4.69) is 17.2 Å². The Morgan fingerprint density at radius 2 is 1.65 bits per heavy atom. The third kappa shape index (κ3) is 9.87. The minimum Gasteiger partial charge on any atom is -0.444 e. The third-order valence-electron chi connectivity index (χ3n) is 5.91. The van der Waals surface area contributed by atoms with Gasteiger partial charge < -0.3 is 26.0 Å². The standard InChI is InChI=1S/C31H42N4O5/c1-8-21-15-12-16-23(19-21)26(27(37)33-20-22-13-10-9-11-14-22)35(30(2,3)4)28(38)24(17-18-25(32)36)34-29(39)40-31(5,6)7/h8-16,19,24,26H,1,17-18,20H2,2-7H3,(H2,32,36)(H,33,37)(H,34,39). The Kier molecular flexibility index (Phi) is 11.0. The van der Waals surface area contributed by atoms with Crippen LogP contribution in [0.1, 0.15) is 77.1 Å². The van der Waals surface area contributed by atoms with E-state index in [-0.39, 0.29) is 19.4 Å². The lowest BCUT2D eigenvalue weighted by atomic mass is 9.93. The van der Waals surface area contributed by atoms with E-state index >= 15 is 0 Å². The van der Waals surface area contributed by atoms with Crippen LogP contribution < -0.4 is 16.4 Å². The molecule has 2 aromatic rings. The van der Waals surface area contributed by atoms with E-state index in [0.29, 0.717) is 5.56 Å². The predicted octanol–water partition coefficient (Wildman–Crippen LogP) is 4.47. The highest BCUT2D eigenvalue weighted by Gasteiger charge is 2.42. The van der Waals surface area contributed by atoms with Gasteiger partial charge in [-0.3, -0.25) is 14.4 Å². The summed E-state index contributed by atoms with van der Waals surface area (Å²) in [6.45, 7) is 14.6. The fourth-order valence-corrected chi connectivity index (χ4v) is 4.16. The number of amides is 4. The molecule has 4 amide bonds. The van der Waals surface area contributed by atoms with Crippen LogP contribution in [0.2, 0.25) is 0 Å². The molecule has 2 rings (SSSR count). The quantitative estimate of drug-likeness (QED) is 0.380. The van der Waals surface area contributed by atoms with Crippen molar-refractivity contribution in [3.8, 4) is 0 Å². The molecule has 9 nitrogen and oxygen atoms in total. The minimum absolute atomic E-state index is 0.0644. The average molecular weight is 551 g/mol. The molecule has 216 valence electrons. The number of benzene rings is 2. The van der Waals surface area contributed by atoms with E-state index in [0.717, 1.165) is 11.1 Å². The first-order valence-corrected chi connectivity index (χ1v) is 13.3. The van der Waals surface area contributed by atoms with Gasteiger partial charge in [0, 0.05) is 18.5 Å². The Morgan fingerprint density at radius 1 is 1.00 bits per heavy atom. The molecule has 0 saturated heterocycles. The first-order chi connectivity index (χ1) is 18.6. The Hall–Kier alpha value is -4.14. The lowest BCUT2D eigenvalue weighted by Gasteiger charge is -2.43. The number of hydrogen-bond donors (Lipinski definition) is 3. The van der Waals surface area contributed by atoms with Gasteiger partial charge in [0.05, 0.1) is 0 Å². The summed E-state index contributed by atoms with van der Waals surface area (Å²) in [5.74, 6) is -1.58. The molecule has 0 spiro atoms. The van der Waals surface area contributed by atoms with Crippen LogP contribution in [-0.2, 0) is 25.7 Å². The molecule has 0 aliphatic carbocycles. The number of nitrogens with two attached hydrogens (primary N) is 1. The monoisotopic (exact) mass is 550 g/mol. The maximum absolute atomic E-state index is 14.3. The van der Waals surface area contributed by atoms with Crippen molar-refractivity contribution in [1.29, 1.82) is 0 Å². The van der Waals surface area contributed by atoms with Gasteiger partial charge in [-0.1, -0.05) is 61.2 Å². The summed E-state index contributed by atoms with van der Waals surface area (Å²) >= 11 is 0. The van der Waals surface area contributed by atoms with Crippen molar-refractivity contribution in [2.45, 2.75) is 84.2 Å². The predicted molar refractivity (Wildman–Crippen MR) is 156 cm³/mol. The second kappa shape index (κ2) is 13.8. The molecule has 0 aliphatic rings. The highest BCUT2D eigenvalue weighted by atomic mass is 16.6.